The fourth-order valence-electron chi connectivity index (χ4n) is 1.40. The number of halogens is 1. The Morgan fingerprint density at radius 3 is 2.36 bits per heavy atom. The van der Waals surface area contributed by atoms with Crippen molar-refractivity contribution in [2.45, 2.75) is 39.9 Å². The molecule has 5 nitrogen and oxygen atoms in total. The largest absolute Gasteiger partial charge is 0.329 e. The second-order valence-electron chi connectivity index (χ2n) is 4.91. The minimum atomic E-state index is -2.65. The molecule has 0 saturated heterocycles. The monoisotopic (exact) mass is 382 g/mol. The summed E-state index contributed by atoms with van der Waals surface area (Å²) in [5.74, 6) is 0. The summed E-state index contributed by atoms with van der Waals surface area (Å²) in [7, 11) is 0. The Balaban J connectivity index is 2.60. The molecule has 1 aromatic rings. The van der Waals surface area contributed by atoms with E-state index in [9.17, 15) is 4.79 Å². The molecular formula is C13H20ClN2O3PS2. The summed E-state index contributed by atoms with van der Waals surface area (Å²) in [5.41, 5.74) is -2.06. The van der Waals surface area contributed by atoms with Crippen molar-refractivity contribution in [3.8, 4) is 0 Å². The molecule has 0 spiro atoms. The van der Waals surface area contributed by atoms with Gasteiger partial charge in [-0.05, 0) is 57.7 Å². The maximum absolute atomic E-state index is 11.9. The Hall–Kier alpha value is -0.300. The van der Waals surface area contributed by atoms with Gasteiger partial charge in [-0.2, -0.15) is 0 Å². The van der Waals surface area contributed by atoms with Crippen molar-refractivity contribution < 1.29 is 13.8 Å². The van der Waals surface area contributed by atoms with E-state index in [0.29, 0.717) is 10.7 Å². The predicted octanol–water partition coefficient (Wildman–Crippen LogP) is 5.18. The highest BCUT2D eigenvalue weighted by atomic mass is 35.5. The zero-order valence-corrected chi connectivity index (χ0v) is 16.1. The van der Waals surface area contributed by atoms with Crippen LogP contribution < -0.4 is 10.0 Å². The summed E-state index contributed by atoms with van der Waals surface area (Å²) in [6, 6.07) is 6.45. The molecule has 1 aromatic carbocycles. The quantitative estimate of drug-likeness (QED) is 0.502. The maximum atomic E-state index is 11.9. The topological polar surface area (TPSA) is 59.6 Å². The van der Waals surface area contributed by atoms with Gasteiger partial charge in [0, 0.05) is 22.3 Å². The highest BCUT2D eigenvalue weighted by molar-refractivity contribution is 8.67. The molecule has 0 atom stereocenters. The summed E-state index contributed by atoms with van der Waals surface area (Å²) < 4.78 is 14.0. The van der Waals surface area contributed by atoms with Gasteiger partial charge in [-0.3, -0.25) is 4.72 Å². The van der Waals surface area contributed by atoms with Crippen LogP contribution >= 0.6 is 28.9 Å². The Morgan fingerprint density at radius 2 is 1.86 bits per heavy atom. The Morgan fingerprint density at radius 1 is 1.27 bits per heavy atom. The first-order valence-electron chi connectivity index (χ1n) is 6.68. The molecule has 2 amide bonds. The van der Waals surface area contributed by atoms with E-state index >= 15 is 0 Å². The van der Waals surface area contributed by atoms with Crippen LogP contribution in [0.2, 0.25) is 5.02 Å². The highest BCUT2D eigenvalue weighted by Gasteiger charge is 2.25. The lowest BCUT2D eigenvalue weighted by Crippen LogP contribution is -2.23. The zero-order chi connectivity index (χ0) is 16.8. The number of rotatable bonds is 7. The summed E-state index contributed by atoms with van der Waals surface area (Å²) >= 11 is 12.3. The number of carbonyl (C=O) groups is 1. The van der Waals surface area contributed by atoms with E-state index < -0.39 is 11.7 Å². The lowest BCUT2D eigenvalue weighted by molar-refractivity contribution is 0.186. The molecule has 0 heterocycles. The molecule has 0 fully saturated rings. The van der Waals surface area contributed by atoms with E-state index in [0.717, 1.165) is 11.6 Å². The van der Waals surface area contributed by atoms with Crippen molar-refractivity contribution in [1.82, 2.24) is 4.72 Å². The van der Waals surface area contributed by atoms with E-state index in [1.165, 1.54) is 0 Å². The lowest BCUT2D eigenvalue weighted by atomic mass is 10.3. The fraction of sp³-hybridized carbons (Fsp3) is 0.462. The third kappa shape index (κ3) is 7.81. The molecule has 0 aliphatic heterocycles. The number of amides is 2. The number of hydrogen-bond donors (Lipinski definition) is 2. The number of benzene rings is 1. The second kappa shape index (κ2) is 9.11. The van der Waals surface area contributed by atoms with Crippen molar-refractivity contribution >= 4 is 52.4 Å². The average Bonchev–Trinajstić information content (AvgIpc) is 2.34. The average molecular weight is 383 g/mol. The van der Waals surface area contributed by atoms with Gasteiger partial charge in [-0.15, -0.1) is 0 Å². The fourth-order valence-corrected chi connectivity index (χ4v) is 6.25. The first-order chi connectivity index (χ1) is 10.2. The highest BCUT2D eigenvalue weighted by Crippen LogP contribution is 2.61. The van der Waals surface area contributed by atoms with Crippen LogP contribution in [-0.2, 0) is 20.9 Å². The summed E-state index contributed by atoms with van der Waals surface area (Å²) in [6.45, 7) is 7.49. The number of urea groups is 1. The maximum Gasteiger partial charge on any atom is 0.329 e. The van der Waals surface area contributed by atoms with Crippen LogP contribution in [0, 0.1) is 0 Å². The number of carbonyl (C=O) groups excluding carboxylic acids is 1. The molecule has 0 aliphatic carbocycles. The lowest BCUT2D eigenvalue weighted by Gasteiger charge is -2.25. The van der Waals surface area contributed by atoms with Crippen molar-refractivity contribution in [3.63, 3.8) is 0 Å². The smallest absolute Gasteiger partial charge is 0.318 e. The van der Waals surface area contributed by atoms with Crippen molar-refractivity contribution in [2.24, 2.45) is 0 Å². The summed E-state index contributed by atoms with van der Waals surface area (Å²) in [4.78, 5) is 11.9. The first-order valence-corrected chi connectivity index (χ1v) is 11.1. The van der Waals surface area contributed by atoms with E-state index in [2.05, 4.69) is 10.0 Å². The van der Waals surface area contributed by atoms with E-state index in [-0.39, 0.29) is 12.2 Å². The first kappa shape index (κ1) is 19.7. The normalized spacial score (nSPS) is 11.8. The van der Waals surface area contributed by atoms with Gasteiger partial charge >= 0.3 is 6.03 Å². The number of nitrogens with one attached hydrogen (secondary N) is 2. The van der Waals surface area contributed by atoms with E-state index in [4.69, 9.17) is 32.5 Å². The number of anilines is 1. The van der Waals surface area contributed by atoms with Crippen molar-refractivity contribution in [2.75, 3.05) is 5.32 Å². The van der Waals surface area contributed by atoms with Crippen molar-refractivity contribution in [3.05, 3.63) is 29.3 Å². The molecule has 2 N–H and O–H groups in total. The van der Waals surface area contributed by atoms with Gasteiger partial charge in [-0.25, -0.2) is 4.79 Å². The molecule has 0 aromatic heterocycles. The number of hydrogen-bond acceptors (Lipinski definition) is 5. The molecule has 0 radical (unpaired) electrons. The second-order valence-corrected chi connectivity index (χ2v) is 11.2. The standard InChI is InChI=1S/C13H20ClN2O3PS2/c1-9(2)18-20(21,19-10(3)4)22-16-13(17)15-12-7-5-6-11(14)8-12/h5-10H,1-4H3,(H2,15,16,17). The predicted molar refractivity (Wildman–Crippen MR) is 97.9 cm³/mol. The van der Waals surface area contributed by atoms with E-state index in [1.54, 1.807) is 24.3 Å². The van der Waals surface area contributed by atoms with Gasteiger partial charge < -0.3 is 14.4 Å². The Labute approximate surface area is 145 Å². The van der Waals surface area contributed by atoms with Crippen molar-refractivity contribution in [1.29, 1.82) is 0 Å². The minimum absolute atomic E-state index is 0.0881. The molecule has 9 heteroatoms. The summed E-state index contributed by atoms with van der Waals surface area (Å²) in [6.07, 6.45) is -0.176. The minimum Gasteiger partial charge on any atom is -0.318 e. The SMILES string of the molecule is CC(C)OP(=S)(OC(C)C)SNC(=O)Nc1cccc(Cl)c1. The molecule has 0 bridgehead atoms. The van der Waals surface area contributed by atoms with Crippen LogP contribution in [0.15, 0.2) is 24.3 Å². The molecule has 0 saturated carbocycles. The van der Waals surface area contributed by atoms with Gasteiger partial charge in [0.05, 0.1) is 12.2 Å². The molecular weight excluding hydrogens is 363 g/mol. The van der Waals surface area contributed by atoms with Gasteiger partial charge in [-0.1, -0.05) is 17.7 Å². The van der Waals surface area contributed by atoms with Gasteiger partial charge in [0.15, 0.2) is 0 Å². The van der Waals surface area contributed by atoms with Gasteiger partial charge in [0.2, 0.25) is 0 Å². The van der Waals surface area contributed by atoms with Crippen LogP contribution in [-0.4, -0.2) is 18.2 Å². The van der Waals surface area contributed by atoms with Crippen LogP contribution in [0.3, 0.4) is 0 Å². The van der Waals surface area contributed by atoms with Crippen LogP contribution in [0.5, 0.6) is 0 Å². The van der Waals surface area contributed by atoms with Gasteiger partial charge in [0.25, 0.3) is 5.69 Å². The molecule has 22 heavy (non-hydrogen) atoms. The third-order valence-corrected chi connectivity index (χ3v) is 6.76. The zero-order valence-electron chi connectivity index (χ0n) is 12.8. The Bertz CT molecular complexity index is 544. The van der Waals surface area contributed by atoms with Crippen LogP contribution in [0.1, 0.15) is 27.7 Å². The van der Waals surface area contributed by atoms with Crippen LogP contribution in [0.4, 0.5) is 10.5 Å². The van der Waals surface area contributed by atoms with Crippen LogP contribution in [0.25, 0.3) is 0 Å². The molecule has 0 aliphatic rings. The third-order valence-electron chi connectivity index (χ3n) is 2.01. The van der Waals surface area contributed by atoms with Gasteiger partial charge in [0.1, 0.15) is 0 Å². The Kier molecular flexibility index (Phi) is 8.17. The summed E-state index contributed by atoms with van der Waals surface area (Å²) in [5, 5.41) is 3.21. The van der Waals surface area contributed by atoms with E-state index in [1.807, 2.05) is 27.7 Å². The molecule has 0 unspecified atom stereocenters. The molecule has 1 rings (SSSR count). The molecule has 124 valence electrons.